The first kappa shape index (κ1) is 26.8. The van der Waals surface area contributed by atoms with E-state index >= 15 is 0 Å². The molecule has 0 aliphatic carbocycles. The average molecular weight is 525 g/mol. The van der Waals surface area contributed by atoms with E-state index in [1.807, 2.05) is 29.2 Å². The molecule has 1 fully saturated rings. The third-order valence-corrected chi connectivity index (χ3v) is 7.43. The summed E-state index contributed by atoms with van der Waals surface area (Å²) in [6.45, 7) is 7.24. The van der Waals surface area contributed by atoms with Crippen LogP contribution in [0.1, 0.15) is 60.8 Å². The minimum atomic E-state index is -0.593. The largest absolute Gasteiger partial charge is 0.489 e. The number of ether oxygens (including phenoxy) is 2. The Labute approximate surface area is 230 Å². The van der Waals surface area contributed by atoms with Crippen LogP contribution in [-0.2, 0) is 16.1 Å². The van der Waals surface area contributed by atoms with Crippen molar-refractivity contribution in [2.45, 2.75) is 51.2 Å². The average Bonchev–Trinajstić information content (AvgIpc) is 3.48. The number of benzene rings is 2. The number of hydrogen-bond donors (Lipinski definition) is 1. The van der Waals surface area contributed by atoms with Crippen LogP contribution in [0.2, 0.25) is 0 Å². The Morgan fingerprint density at radius 3 is 2.44 bits per heavy atom. The lowest BCUT2D eigenvalue weighted by Gasteiger charge is -2.31. The molecule has 1 saturated heterocycles. The van der Waals surface area contributed by atoms with Gasteiger partial charge >= 0.3 is 0 Å². The molecule has 7 heteroatoms. The van der Waals surface area contributed by atoms with Gasteiger partial charge in [0.2, 0.25) is 0 Å². The minimum absolute atomic E-state index is 0.0735. The molecule has 0 bridgehead atoms. The third-order valence-electron chi connectivity index (χ3n) is 7.43. The molecular formula is C32H36N4O3. The first-order valence-electron chi connectivity index (χ1n) is 13.7. The molecule has 2 unspecified atom stereocenters. The van der Waals surface area contributed by atoms with E-state index < -0.39 is 5.92 Å². The molecule has 0 spiro atoms. The number of aliphatic imine (C=N–C) groups is 1. The van der Waals surface area contributed by atoms with Gasteiger partial charge in [-0.05, 0) is 65.3 Å². The molecule has 3 aromatic rings. The van der Waals surface area contributed by atoms with Crippen molar-refractivity contribution in [1.29, 1.82) is 5.41 Å². The number of rotatable bonds is 10. The summed E-state index contributed by atoms with van der Waals surface area (Å²) in [5.41, 5.74) is 4.68. The second-order valence-electron chi connectivity index (χ2n) is 10.5. The highest BCUT2D eigenvalue weighted by Gasteiger charge is 2.35. The summed E-state index contributed by atoms with van der Waals surface area (Å²) in [4.78, 5) is 24.3. The third kappa shape index (κ3) is 6.42. The molecule has 0 saturated carbocycles. The van der Waals surface area contributed by atoms with Gasteiger partial charge in [0.05, 0.1) is 24.3 Å². The van der Waals surface area contributed by atoms with E-state index in [1.165, 1.54) is 5.56 Å². The maximum Gasteiger partial charge on any atom is 0.268 e. The van der Waals surface area contributed by atoms with Crippen LogP contribution >= 0.6 is 0 Å². The zero-order valence-electron chi connectivity index (χ0n) is 22.7. The maximum atomic E-state index is 13.7. The van der Waals surface area contributed by atoms with E-state index in [-0.39, 0.29) is 12.0 Å². The van der Waals surface area contributed by atoms with E-state index in [0.717, 1.165) is 36.3 Å². The Bertz CT molecular complexity index is 1300. The molecule has 1 aromatic heterocycles. The number of carbonyl (C=O) groups excluding carboxylic acids is 1. The van der Waals surface area contributed by atoms with Gasteiger partial charge in [-0.2, -0.15) is 0 Å². The topological polar surface area (TPSA) is 87.9 Å². The highest BCUT2D eigenvalue weighted by atomic mass is 16.5. The molecule has 5 rings (SSSR count). The number of nitrogens with zero attached hydrogens (tertiary/aromatic N) is 3. The van der Waals surface area contributed by atoms with Gasteiger partial charge < -0.3 is 19.8 Å². The first-order valence-corrected chi connectivity index (χ1v) is 13.7. The van der Waals surface area contributed by atoms with Gasteiger partial charge in [-0.1, -0.05) is 50.2 Å². The molecular weight excluding hydrogens is 488 g/mol. The summed E-state index contributed by atoms with van der Waals surface area (Å²) < 4.78 is 11.8. The van der Waals surface area contributed by atoms with Gasteiger partial charge in [0, 0.05) is 32.1 Å². The molecule has 39 heavy (non-hydrogen) atoms. The summed E-state index contributed by atoms with van der Waals surface area (Å²) in [6, 6.07) is 19.8. The van der Waals surface area contributed by atoms with Crippen LogP contribution in [0.5, 0.6) is 5.75 Å². The number of nitrogens with one attached hydrogen (secondary N) is 1. The lowest BCUT2D eigenvalue weighted by molar-refractivity contribution is -0.126. The molecule has 2 atom stereocenters. The summed E-state index contributed by atoms with van der Waals surface area (Å²) in [6.07, 6.45) is 5.40. The van der Waals surface area contributed by atoms with E-state index in [0.29, 0.717) is 49.1 Å². The Morgan fingerprint density at radius 2 is 1.77 bits per heavy atom. The fraction of sp³-hybridized carbons (Fsp3) is 0.375. The van der Waals surface area contributed by atoms with Crippen LogP contribution in [-0.4, -0.2) is 59.6 Å². The van der Waals surface area contributed by atoms with Crippen LogP contribution in [0.25, 0.3) is 0 Å². The van der Waals surface area contributed by atoms with Crippen molar-refractivity contribution in [2.75, 3.05) is 26.2 Å². The minimum Gasteiger partial charge on any atom is -0.489 e. The number of aromatic nitrogens is 1. The Kier molecular flexibility index (Phi) is 8.47. The molecule has 2 aliphatic rings. The Hall–Kier alpha value is -3.84. The Balaban J connectivity index is 1.35. The van der Waals surface area contributed by atoms with Crippen LogP contribution in [0.15, 0.2) is 78.0 Å². The van der Waals surface area contributed by atoms with Crippen molar-refractivity contribution in [2.24, 2.45) is 4.99 Å². The highest BCUT2D eigenvalue weighted by molar-refractivity contribution is 6.46. The van der Waals surface area contributed by atoms with Crippen LogP contribution < -0.4 is 4.74 Å². The number of carbonyl (C=O) groups is 1. The predicted molar refractivity (Wildman–Crippen MR) is 153 cm³/mol. The molecule has 0 radical (unpaired) electrons. The van der Waals surface area contributed by atoms with E-state index in [2.05, 4.69) is 48.1 Å². The smallest absolute Gasteiger partial charge is 0.268 e. The summed E-state index contributed by atoms with van der Waals surface area (Å²) in [5, 5.41) is 9.10. The Morgan fingerprint density at radius 1 is 1.05 bits per heavy atom. The summed E-state index contributed by atoms with van der Waals surface area (Å²) in [7, 11) is 0. The molecule has 7 nitrogen and oxygen atoms in total. The standard InChI is InChI=1S/C32H36N4O3/c1-22(2)24-7-5-23(6-8-24)21-39-27-11-9-25(10-12-27)29(30(33)26-13-15-34-16-14-26)31-32(37)36(18-17-35-31)20-28-4-3-19-38-28/h5-16,22,28-29,33H,3-4,17-21H2,1-2H3. The van der Waals surface area contributed by atoms with Crippen molar-refractivity contribution in [1.82, 2.24) is 9.88 Å². The number of amides is 1. The quantitative estimate of drug-likeness (QED) is 0.360. The summed E-state index contributed by atoms with van der Waals surface area (Å²) in [5.74, 6) is 0.517. The highest BCUT2D eigenvalue weighted by Crippen LogP contribution is 2.28. The van der Waals surface area contributed by atoms with E-state index in [4.69, 9.17) is 14.9 Å². The molecule has 3 heterocycles. The van der Waals surface area contributed by atoms with Crippen molar-refractivity contribution in [3.63, 3.8) is 0 Å². The predicted octanol–water partition coefficient (Wildman–Crippen LogP) is 5.40. The fourth-order valence-corrected chi connectivity index (χ4v) is 5.13. The van der Waals surface area contributed by atoms with Crippen LogP contribution in [0, 0.1) is 5.41 Å². The van der Waals surface area contributed by atoms with E-state index in [1.54, 1.807) is 24.5 Å². The van der Waals surface area contributed by atoms with Crippen LogP contribution in [0.4, 0.5) is 0 Å². The van der Waals surface area contributed by atoms with Gasteiger partial charge in [0.1, 0.15) is 18.1 Å². The van der Waals surface area contributed by atoms with Gasteiger partial charge in [-0.3, -0.25) is 14.8 Å². The normalized spacial score (nSPS) is 18.2. The maximum absolute atomic E-state index is 13.7. The number of pyridine rings is 1. The van der Waals surface area contributed by atoms with Crippen molar-refractivity contribution in [3.8, 4) is 5.75 Å². The second-order valence-corrected chi connectivity index (χ2v) is 10.5. The van der Waals surface area contributed by atoms with E-state index in [9.17, 15) is 4.79 Å². The van der Waals surface area contributed by atoms with Crippen LogP contribution in [0.3, 0.4) is 0 Å². The summed E-state index contributed by atoms with van der Waals surface area (Å²) >= 11 is 0. The van der Waals surface area contributed by atoms with Crippen molar-refractivity contribution >= 4 is 17.3 Å². The lowest BCUT2D eigenvalue weighted by atomic mass is 9.85. The van der Waals surface area contributed by atoms with Gasteiger partial charge in [-0.15, -0.1) is 0 Å². The zero-order chi connectivity index (χ0) is 27.2. The van der Waals surface area contributed by atoms with Gasteiger partial charge in [0.25, 0.3) is 5.91 Å². The molecule has 1 amide bonds. The van der Waals surface area contributed by atoms with Crippen molar-refractivity contribution in [3.05, 3.63) is 95.3 Å². The molecule has 2 aromatic carbocycles. The zero-order valence-corrected chi connectivity index (χ0v) is 22.7. The molecule has 2 aliphatic heterocycles. The van der Waals surface area contributed by atoms with Gasteiger partial charge in [-0.25, -0.2) is 0 Å². The van der Waals surface area contributed by atoms with Crippen molar-refractivity contribution < 1.29 is 14.3 Å². The monoisotopic (exact) mass is 524 g/mol. The molecule has 202 valence electrons. The lowest BCUT2D eigenvalue weighted by Crippen LogP contribution is -2.48. The second kappa shape index (κ2) is 12.3. The molecule has 1 N–H and O–H groups in total. The fourth-order valence-electron chi connectivity index (χ4n) is 5.13. The van der Waals surface area contributed by atoms with Gasteiger partial charge in [0.15, 0.2) is 0 Å². The number of hydrogen-bond acceptors (Lipinski definition) is 6. The first-order chi connectivity index (χ1) is 19.0. The SMILES string of the molecule is CC(C)c1ccc(COc2ccc(C(C(=N)c3ccncc3)C3=NCCN(CC4CCCO4)C3=O)cc2)cc1.